The molecule has 1 aliphatic heterocycles. The van der Waals surface area contributed by atoms with E-state index in [0.29, 0.717) is 16.5 Å². The van der Waals surface area contributed by atoms with Gasteiger partial charge in [0, 0.05) is 18.0 Å². The van der Waals surface area contributed by atoms with Crippen molar-refractivity contribution in [2.75, 3.05) is 5.75 Å². The van der Waals surface area contributed by atoms with Crippen molar-refractivity contribution < 1.29 is 9.67 Å². The Labute approximate surface area is 142 Å². The fourth-order valence-corrected chi connectivity index (χ4v) is 4.24. The summed E-state index contributed by atoms with van der Waals surface area (Å²) >= 11 is 1.50. The van der Waals surface area contributed by atoms with Gasteiger partial charge in [0.1, 0.15) is 17.9 Å². The number of rotatable bonds is 2. The molecule has 0 aliphatic carbocycles. The van der Waals surface area contributed by atoms with Gasteiger partial charge in [0.15, 0.2) is 0 Å². The summed E-state index contributed by atoms with van der Waals surface area (Å²) in [5.41, 5.74) is 1.44. The summed E-state index contributed by atoms with van der Waals surface area (Å²) in [6.45, 7) is 0. The minimum Gasteiger partial charge on any atom is -0.842 e. The molecule has 0 unspecified atom stereocenters. The molecule has 0 saturated heterocycles. The van der Waals surface area contributed by atoms with Crippen molar-refractivity contribution in [3.63, 3.8) is 0 Å². The second-order valence-corrected chi connectivity index (χ2v) is 6.55. The highest BCUT2D eigenvalue weighted by Crippen LogP contribution is 2.35. The first-order valence-corrected chi connectivity index (χ1v) is 8.45. The Kier molecular flexibility index (Phi) is 3.57. The number of thioether (sulfide) groups is 1. The van der Waals surface area contributed by atoms with Crippen molar-refractivity contribution in [1.29, 1.82) is 0 Å². The summed E-state index contributed by atoms with van der Waals surface area (Å²) in [6, 6.07) is 8.90. The highest BCUT2D eigenvalue weighted by atomic mass is 32.2. The largest absolute Gasteiger partial charge is 0.842 e. The standard InChI is InChI=1S/C17H14N4O2S/c1-20-15(22)14(11-5-3-2-4-6-11)16(23)21-13(9-24-17(20)21)12-7-18-10-19-8-12/h2-8,10,13H,9H2,1H3/t13-/m0/s1. The van der Waals surface area contributed by atoms with Crippen LogP contribution in [0.15, 0.2) is 59.0 Å². The summed E-state index contributed by atoms with van der Waals surface area (Å²) in [7, 11) is 1.71. The van der Waals surface area contributed by atoms with E-state index in [-0.39, 0.29) is 23.0 Å². The lowest BCUT2D eigenvalue weighted by Crippen LogP contribution is -2.43. The molecule has 0 amide bonds. The van der Waals surface area contributed by atoms with Crippen molar-refractivity contribution in [3.8, 4) is 17.0 Å². The van der Waals surface area contributed by atoms with E-state index in [1.807, 2.05) is 18.2 Å². The fourth-order valence-electron chi connectivity index (χ4n) is 2.96. The molecule has 6 nitrogen and oxygen atoms in total. The van der Waals surface area contributed by atoms with Gasteiger partial charge >= 0.3 is 10.7 Å². The summed E-state index contributed by atoms with van der Waals surface area (Å²) in [5, 5.41) is 13.4. The summed E-state index contributed by atoms with van der Waals surface area (Å²) < 4.78 is 3.24. The molecule has 0 bridgehead atoms. The Morgan fingerprint density at radius 2 is 1.96 bits per heavy atom. The number of benzene rings is 1. The van der Waals surface area contributed by atoms with Crippen LogP contribution in [0.1, 0.15) is 11.6 Å². The van der Waals surface area contributed by atoms with E-state index in [4.69, 9.17) is 0 Å². The van der Waals surface area contributed by atoms with Crippen LogP contribution in [0.5, 0.6) is 5.88 Å². The van der Waals surface area contributed by atoms with Gasteiger partial charge < -0.3 is 5.11 Å². The van der Waals surface area contributed by atoms with E-state index in [9.17, 15) is 9.90 Å². The van der Waals surface area contributed by atoms with Crippen LogP contribution in [0.4, 0.5) is 0 Å². The van der Waals surface area contributed by atoms with Crippen LogP contribution in [0.2, 0.25) is 0 Å². The van der Waals surface area contributed by atoms with Crippen molar-refractivity contribution in [1.82, 2.24) is 14.5 Å². The highest BCUT2D eigenvalue weighted by molar-refractivity contribution is 7.99. The Hall–Kier alpha value is -2.67. The number of fused-ring (bicyclic) bond motifs is 1. The first-order chi connectivity index (χ1) is 11.7. The van der Waals surface area contributed by atoms with Crippen molar-refractivity contribution in [2.24, 2.45) is 7.05 Å². The molecule has 3 aromatic rings. The van der Waals surface area contributed by atoms with Gasteiger partial charge in [0.25, 0.3) is 0 Å². The normalized spacial score (nSPS) is 16.1. The van der Waals surface area contributed by atoms with E-state index < -0.39 is 0 Å². The monoisotopic (exact) mass is 338 g/mol. The molecule has 4 rings (SSSR count). The molecule has 0 radical (unpaired) electrons. The molecular formula is C17H14N4O2S. The van der Waals surface area contributed by atoms with Gasteiger partial charge in [-0.25, -0.2) is 19.3 Å². The maximum Gasteiger partial charge on any atom is 0.345 e. The van der Waals surface area contributed by atoms with E-state index in [1.54, 1.807) is 40.7 Å². The molecule has 1 atom stereocenters. The topological polar surface area (TPSA) is 74.7 Å². The smallest absolute Gasteiger partial charge is 0.345 e. The minimum atomic E-state index is -0.269. The highest BCUT2D eigenvalue weighted by Gasteiger charge is 2.37. The van der Waals surface area contributed by atoms with Crippen LogP contribution in [0.25, 0.3) is 11.1 Å². The molecule has 0 spiro atoms. The van der Waals surface area contributed by atoms with Crippen LogP contribution < -0.4 is 15.2 Å². The Bertz CT molecular complexity index is 958. The Morgan fingerprint density at radius 3 is 2.67 bits per heavy atom. The maximum absolute atomic E-state index is 13.1. The van der Waals surface area contributed by atoms with Gasteiger partial charge in [-0.2, -0.15) is 4.57 Å². The van der Waals surface area contributed by atoms with Crippen LogP contribution >= 0.6 is 11.8 Å². The molecule has 3 heterocycles. The molecular weight excluding hydrogens is 324 g/mol. The molecule has 0 saturated carbocycles. The Morgan fingerprint density at radius 1 is 1.25 bits per heavy atom. The lowest BCUT2D eigenvalue weighted by atomic mass is 10.1. The van der Waals surface area contributed by atoms with Gasteiger partial charge in [-0.15, -0.1) is 0 Å². The van der Waals surface area contributed by atoms with E-state index in [0.717, 1.165) is 5.56 Å². The number of aromatic nitrogens is 4. The van der Waals surface area contributed by atoms with Gasteiger partial charge in [0.2, 0.25) is 0 Å². The molecule has 0 N–H and O–H groups in total. The van der Waals surface area contributed by atoms with E-state index in [2.05, 4.69) is 9.97 Å². The number of hydrogen-bond donors (Lipinski definition) is 0. The first kappa shape index (κ1) is 14.9. The van der Waals surface area contributed by atoms with Crippen LogP contribution in [0, 0.1) is 0 Å². The molecule has 24 heavy (non-hydrogen) atoms. The third-order valence-corrected chi connectivity index (χ3v) is 5.37. The Balaban J connectivity index is 1.98. The van der Waals surface area contributed by atoms with Gasteiger partial charge in [-0.3, -0.25) is 0 Å². The van der Waals surface area contributed by atoms with Gasteiger partial charge in [-0.1, -0.05) is 30.3 Å². The SMILES string of the molecule is C[n+]1c([O-])c(-c2ccccc2)c(=O)n2c1SC[C@H]2c1cncnc1. The quantitative estimate of drug-likeness (QED) is 0.513. The average molecular weight is 338 g/mol. The molecule has 2 aromatic heterocycles. The zero-order chi connectivity index (χ0) is 16.7. The zero-order valence-electron chi connectivity index (χ0n) is 12.9. The minimum absolute atomic E-state index is 0.173. The molecule has 1 aliphatic rings. The van der Waals surface area contributed by atoms with Gasteiger partial charge in [-0.05, 0) is 17.3 Å². The van der Waals surface area contributed by atoms with Gasteiger partial charge in [0.05, 0.1) is 18.7 Å². The fraction of sp³-hybridized carbons (Fsp3) is 0.176. The molecule has 7 heteroatoms. The van der Waals surface area contributed by atoms with E-state index in [1.165, 1.54) is 18.1 Å². The first-order valence-electron chi connectivity index (χ1n) is 7.47. The second-order valence-electron chi connectivity index (χ2n) is 5.56. The third kappa shape index (κ3) is 2.20. The van der Waals surface area contributed by atoms with Crippen molar-refractivity contribution in [2.45, 2.75) is 11.2 Å². The lowest BCUT2D eigenvalue weighted by molar-refractivity contribution is -0.751. The molecule has 120 valence electrons. The van der Waals surface area contributed by atoms with Crippen LogP contribution in [0.3, 0.4) is 0 Å². The summed E-state index contributed by atoms with van der Waals surface area (Å²) in [5.74, 6) is 0.406. The summed E-state index contributed by atoms with van der Waals surface area (Å²) in [4.78, 5) is 21.2. The predicted octanol–water partition coefficient (Wildman–Crippen LogP) is 0.898. The number of nitrogens with zero attached hydrogens (tertiary/aromatic N) is 4. The molecule has 0 fully saturated rings. The van der Waals surface area contributed by atoms with E-state index >= 15 is 0 Å². The average Bonchev–Trinajstić information content (AvgIpc) is 3.07. The molecule has 1 aromatic carbocycles. The zero-order valence-corrected chi connectivity index (χ0v) is 13.7. The van der Waals surface area contributed by atoms with Crippen LogP contribution in [-0.2, 0) is 7.05 Å². The number of hydrogen-bond acceptors (Lipinski definition) is 5. The third-order valence-electron chi connectivity index (χ3n) is 4.15. The van der Waals surface area contributed by atoms with Crippen LogP contribution in [-0.4, -0.2) is 20.3 Å². The second kappa shape index (κ2) is 5.76. The predicted molar refractivity (Wildman–Crippen MR) is 87.7 cm³/mol. The lowest BCUT2D eigenvalue weighted by Gasteiger charge is -2.16. The van der Waals surface area contributed by atoms with Crippen molar-refractivity contribution >= 4 is 11.8 Å². The summed E-state index contributed by atoms with van der Waals surface area (Å²) in [6.07, 6.45) is 4.89. The maximum atomic E-state index is 13.1. The van der Waals surface area contributed by atoms with Crippen molar-refractivity contribution in [3.05, 3.63) is 65.0 Å².